The van der Waals surface area contributed by atoms with E-state index >= 15 is 0 Å². The maximum Gasteiger partial charge on any atom is 0.267 e. The van der Waals surface area contributed by atoms with Crippen molar-refractivity contribution in [3.63, 3.8) is 0 Å². The number of hydrogen-bond acceptors (Lipinski definition) is 4. The molecule has 3 aromatic carbocycles. The minimum Gasteiger partial charge on any atom is -0.478 e. The maximum absolute atomic E-state index is 12.7. The fraction of sp³-hybridized carbons (Fsp3) is 0.130. The van der Waals surface area contributed by atoms with Crippen molar-refractivity contribution in [3.05, 3.63) is 77.8 Å². The van der Waals surface area contributed by atoms with Gasteiger partial charge in [0.15, 0.2) is 11.2 Å². The van der Waals surface area contributed by atoms with Gasteiger partial charge in [0.1, 0.15) is 11.3 Å². The highest BCUT2D eigenvalue weighted by Crippen LogP contribution is 2.28. The predicted molar refractivity (Wildman–Crippen MR) is 114 cm³/mol. The average molecular weight is 407 g/mol. The van der Waals surface area contributed by atoms with Crippen LogP contribution < -0.4 is 10.1 Å². The summed E-state index contributed by atoms with van der Waals surface area (Å²) in [7, 11) is 0. The third-order valence-corrected chi connectivity index (χ3v) is 4.62. The number of ether oxygens (including phenoxy) is 1. The molecule has 4 rings (SSSR count). The molecule has 146 valence electrons. The number of carbonyl (C=O) groups is 1. The second kappa shape index (κ2) is 7.60. The van der Waals surface area contributed by atoms with Crippen LogP contribution in [0.15, 0.2) is 77.2 Å². The second-order valence-electron chi connectivity index (χ2n) is 7.09. The Morgan fingerprint density at radius 1 is 1.03 bits per heavy atom. The van der Waals surface area contributed by atoms with Gasteiger partial charge in [-0.3, -0.25) is 4.79 Å². The first-order chi connectivity index (χ1) is 13.9. The van der Waals surface area contributed by atoms with Gasteiger partial charge in [0.25, 0.3) is 5.91 Å². The van der Waals surface area contributed by atoms with Crippen molar-refractivity contribution in [1.29, 1.82) is 0 Å². The highest BCUT2D eigenvalue weighted by Gasteiger charge is 2.30. The van der Waals surface area contributed by atoms with Gasteiger partial charge in [0.05, 0.1) is 0 Å². The molecule has 0 aliphatic carbocycles. The molecule has 4 aromatic rings. The van der Waals surface area contributed by atoms with Gasteiger partial charge in [-0.25, -0.2) is 4.98 Å². The van der Waals surface area contributed by atoms with E-state index in [9.17, 15) is 4.79 Å². The summed E-state index contributed by atoms with van der Waals surface area (Å²) >= 11 is 6.05. The Bertz CT molecular complexity index is 1170. The van der Waals surface area contributed by atoms with Gasteiger partial charge in [0, 0.05) is 16.3 Å². The zero-order chi connectivity index (χ0) is 20.4. The van der Waals surface area contributed by atoms with Gasteiger partial charge in [-0.05, 0) is 62.4 Å². The van der Waals surface area contributed by atoms with E-state index in [0.29, 0.717) is 33.4 Å². The van der Waals surface area contributed by atoms with Crippen molar-refractivity contribution < 1.29 is 13.9 Å². The molecule has 1 aromatic heterocycles. The number of anilines is 1. The molecule has 0 aliphatic rings. The van der Waals surface area contributed by atoms with Crippen LogP contribution in [0.1, 0.15) is 13.8 Å². The Balaban J connectivity index is 1.54. The zero-order valence-electron chi connectivity index (χ0n) is 16.0. The quantitative estimate of drug-likeness (QED) is 0.445. The van der Waals surface area contributed by atoms with Crippen LogP contribution >= 0.6 is 11.6 Å². The molecular weight excluding hydrogens is 388 g/mol. The predicted octanol–water partition coefficient (Wildman–Crippen LogP) is 5.94. The first-order valence-electron chi connectivity index (χ1n) is 9.13. The first kappa shape index (κ1) is 19.0. The summed E-state index contributed by atoms with van der Waals surface area (Å²) in [5.41, 5.74) is 1.61. The minimum atomic E-state index is -1.05. The number of carbonyl (C=O) groups excluding carboxylic acids is 1. The summed E-state index contributed by atoms with van der Waals surface area (Å²) in [5.74, 6) is 0.837. The molecule has 0 spiro atoms. The fourth-order valence-corrected chi connectivity index (χ4v) is 3.05. The molecule has 5 nitrogen and oxygen atoms in total. The number of amides is 1. The molecule has 1 N–H and O–H groups in total. The van der Waals surface area contributed by atoms with Crippen LogP contribution in [0.2, 0.25) is 5.02 Å². The molecule has 0 radical (unpaired) electrons. The van der Waals surface area contributed by atoms with Gasteiger partial charge < -0.3 is 14.5 Å². The van der Waals surface area contributed by atoms with Crippen molar-refractivity contribution >= 4 is 34.3 Å². The third-order valence-electron chi connectivity index (χ3n) is 4.38. The highest BCUT2D eigenvalue weighted by atomic mass is 35.5. The Morgan fingerprint density at radius 3 is 2.59 bits per heavy atom. The van der Waals surface area contributed by atoms with Gasteiger partial charge in [-0.15, -0.1) is 0 Å². The monoisotopic (exact) mass is 406 g/mol. The van der Waals surface area contributed by atoms with E-state index in [2.05, 4.69) is 10.3 Å². The largest absolute Gasteiger partial charge is 0.478 e. The molecule has 0 bridgehead atoms. The van der Waals surface area contributed by atoms with Crippen LogP contribution in [-0.2, 0) is 4.79 Å². The summed E-state index contributed by atoms with van der Waals surface area (Å²) in [6.07, 6.45) is 0. The standard InChI is InChI=1S/C23H19ClN2O3/c1-23(2,29-18-9-4-3-5-10-18)22(27)25-17-11-12-20-19(14-17)26-21(28-20)15-7-6-8-16(24)13-15/h3-14H,1-2H3,(H,25,27). The van der Waals surface area contributed by atoms with E-state index in [1.807, 2.05) is 42.5 Å². The second-order valence-corrected chi connectivity index (χ2v) is 7.53. The maximum atomic E-state index is 12.7. The Hall–Kier alpha value is -3.31. The van der Waals surface area contributed by atoms with E-state index in [1.54, 1.807) is 44.2 Å². The van der Waals surface area contributed by atoms with Gasteiger partial charge >= 0.3 is 0 Å². The molecule has 29 heavy (non-hydrogen) atoms. The van der Waals surface area contributed by atoms with Crippen LogP contribution in [0.5, 0.6) is 5.75 Å². The molecule has 1 heterocycles. The number of fused-ring (bicyclic) bond motifs is 1. The molecule has 0 saturated heterocycles. The number of oxazole rings is 1. The number of halogens is 1. The molecule has 0 atom stereocenters. The topological polar surface area (TPSA) is 64.4 Å². The van der Waals surface area contributed by atoms with E-state index in [-0.39, 0.29) is 5.91 Å². The van der Waals surface area contributed by atoms with Crippen molar-refractivity contribution in [2.45, 2.75) is 19.4 Å². The summed E-state index contributed by atoms with van der Waals surface area (Å²) in [6.45, 7) is 3.45. The molecule has 6 heteroatoms. The normalized spacial score (nSPS) is 11.4. The molecular formula is C23H19ClN2O3. The third kappa shape index (κ3) is 4.25. The highest BCUT2D eigenvalue weighted by molar-refractivity contribution is 6.30. The Labute approximate surface area is 173 Å². The smallest absolute Gasteiger partial charge is 0.267 e. The van der Waals surface area contributed by atoms with Crippen LogP contribution in [0.4, 0.5) is 5.69 Å². The van der Waals surface area contributed by atoms with Crippen molar-refractivity contribution in [3.8, 4) is 17.2 Å². The zero-order valence-corrected chi connectivity index (χ0v) is 16.7. The minimum absolute atomic E-state index is 0.265. The first-order valence-corrected chi connectivity index (χ1v) is 9.50. The Kier molecular flexibility index (Phi) is 4.99. The van der Waals surface area contributed by atoms with Crippen molar-refractivity contribution in [1.82, 2.24) is 4.98 Å². The van der Waals surface area contributed by atoms with E-state index < -0.39 is 5.60 Å². The van der Waals surface area contributed by atoms with Gasteiger partial charge in [0.2, 0.25) is 5.89 Å². The van der Waals surface area contributed by atoms with Crippen LogP contribution in [0, 0.1) is 0 Å². The molecule has 0 saturated carbocycles. The average Bonchev–Trinajstić information content (AvgIpc) is 3.12. The molecule has 1 amide bonds. The SMILES string of the molecule is CC(C)(Oc1ccccc1)C(=O)Nc1ccc2oc(-c3cccc(Cl)c3)nc2c1. The van der Waals surface area contributed by atoms with Crippen LogP contribution in [0.3, 0.4) is 0 Å². The number of hydrogen-bond donors (Lipinski definition) is 1. The Morgan fingerprint density at radius 2 is 1.83 bits per heavy atom. The van der Waals surface area contributed by atoms with Gasteiger partial charge in [-0.2, -0.15) is 0 Å². The lowest BCUT2D eigenvalue weighted by atomic mass is 10.1. The summed E-state index contributed by atoms with van der Waals surface area (Å²) < 4.78 is 11.6. The molecule has 0 fully saturated rings. The van der Waals surface area contributed by atoms with E-state index in [0.717, 1.165) is 5.56 Å². The summed E-state index contributed by atoms with van der Waals surface area (Å²) in [5, 5.41) is 3.50. The lowest BCUT2D eigenvalue weighted by Crippen LogP contribution is -2.42. The van der Waals surface area contributed by atoms with Crippen molar-refractivity contribution in [2.75, 3.05) is 5.32 Å². The number of benzene rings is 3. The number of para-hydroxylation sites is 1. The van der Waals surface area contributed by atoms with Crippen LogP contribution in [0.25, 0.3) is 22.6 Å². The summed E-state index contributed by atoms with van der Waals surface area (Å²) in [6, 6.07) is 21.9. The van der Waals surface area contributed by atoms with Crippen molar-refractivity contribution in [2.24, 2.45) is 0 Å². The van der Waals surface area contributed by atoms with Crippen LogP contribution in [-0.4, -0.2) is 16.5 Å². The lowest BCUT2D eigenvalue weighted by molar-refractivity contribution is -0.128. The number of nitrogens with one attached hydrogen (secondary N) is 1. The number of aromatic nitrogens is 1. The molecule has 0 aliphatic heterocycles. The number of nitrogens with zero attached hydrogens (tertiary/aromatic N) is 1. The lowest BCUT2D eigenvalue weighted by Gasteiger charge is -2.25. The number of rotatable bonds is 5. The van der Waals surface area contributed by atoms with E-state index in [4.69, 9.17) is 20.8 Å². The fourth-order valence-electron chi connectivity index (χ4n) is 2.86. The summed E-state index contributed by atoms with van der Waals surface area (Å²) in [4.78, 5) is 17.3. The van der Waals surface area contributed by atoms with E-state index in [1.165, 1.54) is 0 Å². The molecule has 0 unspecified atom stereocenters. The van der Waals surface area contributed by atoms with Gasteiger partial charge in [-0.1, -0.05) is 35.9 Å².